The van der Waals surface area contributed by atoms with Crippen LogP contribution in [0.3, 0.4) is 0 Å². The van der Waals surface area contributed by atoms with Crippen molar-refractivity contribution in [3.63, 3.8) is 0 Å². The lowest BCUT2D eigenvalue weighted by molar-refractivity contribution is 0.549. The van der Waals surface area contributed by atoms with Gasteiger partial charge in [0.15, 0.2) is 0 Å². The number of hydrogen-bond donors (Lipinski definition) is 1. The number of aromatic nitrogens is 2. The molecule has 1 heterocycles. The lowest BCUT2D eigenvalue weighted by Gasteiger charge is -2.18. The number of halogens is 2. The highest BCUT2D eigenvalue weighted by Crippen LogP contribution is 2.25. The van der Waals surface area contributed by atoms with E-state index in [-0.39, 0.29) is 11.2 Å². The summed E-state index contributed by atoms with van der Waals surface area (Å²) >= 11 is 3.19. The molecule has 1 aromatic heterocycles. The maximum atomic E-state index is 13.2. The molecule has 2 rings (SSSR count). The van der Waals surface area contributed by atoms with Gasteiger partial charge in [-0.25, -0.2) is 4.39 Å². The molecule has 0 spiro atoms. The summed E-state index contributed by atoms with van der Waals surface area (Å²) < 4.78 is 15.5. The van der Waals surface area contributed by atoms with Crippen LogP contribution in [0.2, 0.25) is 0 Å². The third-order valence-electron chi connectivity index (χ3n) is 3.02. The molecule has 0 aliphatic rings. The Kier molecular flexibility index (Phi) is 4.18. The van der Waals surface area contributed by atoms with E-state index in [2.05, 4.69) is 47.1 Å². The first kappa shape index (κ1) is 15.0. The van der Waals surface area contributed by atoms with Crippen molar-refractivity contribution >= 4 is 21.6 Å². The van der Waals surface area contributed by atoms with Gasteiger partial charge in [0.1, 0.15) is 5.82 Å². The highest BCUT2D eigenvalue weighted by Gasteiger charge is 2.21. The molecule has 0 atom stereocenters. The van der Waals surface area contributed by atoms with E-state index in [1.165, 1.54) is 6.07 Å². The first-order valence-corrected chi connectivity index (χ1v) is 7.28. The van der Waals surface area contributed by atoms with Crippen molar-refractivity contribution in [2.45, 2.75) is 32.7 Å². The highest BCUT2D eigenvalue weighted by molar-refractivity contribution is 9.10. The second kappa shape index (κ2) is 5.56. The summed E-state index contributed by atoms with van der Waals surface area (Å²) in [5.41, 5.74) is 3.11. The molecule has 0 amide bonds. The molecule has 0 aliphatic heterocycles. The third-order valence-corrected chi connectivity index (χ3v) is 3.63. The Morgan fingerprint density at radius 1 is 1.35 bits per heavy atom. The second-order valence-electron chi connectivity index (χ2n) is 5.91. The normalized spacial score (nSPS) is 11.7. The Hall–Kier alpha value is -1.36. The molecule has 0 saturated heterocycles. The number of nitrogens with one attached hydrogen (secondary N) is 1. The summed E-state index contributed by atoms with van der Waals surface area (Å²) in [7, 11) is 1.92. The zero-order chi connectivity index (χ0) is 14.9. The third kappa shape index (κ3) is 3.39. The standard InChI is InChI=1S/C15H19BrFN3/c1-15(2,3)14-10(9-20(4)19-14)8-18-11-5-6-13(17)12(16)7-11/h5-7,9,18H,8H2,1-4H3. The summed E-state index contributed by atoms with van der Waals surface area (Å²) in [6, 6.07) is 4.91. The van der Waals surface area contributed by atoms with Gasteiger partial charge in [-0.3, -0.25) is 4.68 Å². The van der Waals surface area contributed by atoms with Gasteiger partial charge >= 0.3 is 0 Å². The zero-order valence-corrected chi connectivity index (χ0v) is 13.8. The van der Waals surface area contributed by atoms with Crippen LogP contribution >= 0.6 is 15.9 Å². The van der Waals surface area contributed by atoms with E-state index in [4.69, 9.17) is 0 Å². The molecule has 1 N–H and O–H groups in total. The Balaban J connectivity index is 2.17. The Morgan fingerprint density at radius 2 is 2.05 bits per heavy atom. The maximum Gasteiger partial charge on any atom is 0.137 e. The fraction of sp³-hybridized carbons (Fsp3) is 0.400. The fourth-order valence-corrected chi connectivity index (χ4v) is 2.48. The van der Waals surface area contributed by atoms with Crippen LogP contribution < -0.4 is 5.32 Å². The van der Waals surface area contributed by atoms with Gasteiger partial charge in [-0.2, -0.15) is 5.10 Å². The van der Waals surface area contributed by atoms with Crippen LogP contribution in [0.25, 0.3) is 0 Å². The second-order valence-corrected chi connectivity index (χ2v) is 6.76. The monoisotopic (exact) mass is 339 g/mol. The average molecular weight is 340 g/mol. The van der Waals surface area contributed by atoms with Gasteiger partial charge in [-0.15, -0.1) is 0 Å². The van der Waals surface area contributed by atoms with Crippen LogP contribution in [0, 0.1) is 5.82 Å². The van der Waals surface area contributed by atoms with E-state index in [0.717, 1.165) is 16.9 Å². The summed E-state index contributed by atoms with van der Waals surface area (Å²) in [6.07, 6.45) is 2.02. The smallest absolute Gasteiger partial charge is 0.137 e. The van der Waals surface area contributed by atoms with Crippen LogP contribution in [0.4, 0.5) is 10.1 Å². The minimum absolute atomic E-state index is 0.00164. The molecule has 3 nitrogen and oxygen atoms in total. The van der Waals surface area contributed by atoms with Crippen molar-refractivity contribution in [3.05, 3.63) is 45.9 Å². The number of aryl methyl sites for hydroxylation is 1. The molecule has 5 heteroatoms. The highest BCUT2D eigenvalue weighted by atomic mass is 79.9. The van der Waals surface area contributed by atoms with E-state index >= 15 is 0 Å². The molecule has 108 valence electrons. The molecule has 0 unspecified atom stereocenters. The first-order chi connectivity index (χ1) is 9.27. The van der Waals surface area contributed by atoms with E-state index in [1.807, 2.05) is 17.9 Å². The van der Waals surface area contributed by atoms with Gasteiger partial charge in [0.2, 0.25) is 0 Å². The van der Waals surface area contributed by atoms with Gasteiger partial charge in [-0.1, -0.05) is 20.8 Å². The van der Waals surface area contributed by atoms with Crippen LogP contribution in [0.15, 0.2) is 28.9 Å². The Labute approximate surface area is 127 Å². The maximum absolute atomic E-state index is 13.2. The van der Waals surface area contributed by atoms with Crippen LogP contribution in [-0.4, -0.2) is 9.78 Å². The Bertz CT molecular complexity index is 614. The van der Waals surface area contributed by atoms with Crippen molar-refractivity contribution < 1.29 is 4.39 Å². The first-order valence-electron chi connectivity index (χ1n) is 6.49. The van der Waals surface area contributed by atoms with Gasteiger partial charge < -0.3 is 5.32 Å². The fourth-order valence-electron chi connectivity index (χ4n) is 2.10. The zero-order valence-electron chi connectivity index (χ0n) is 12.2. The number of hydrogen-bond acceptors (Lipinski definition) is 2. The SMILES string of the molecule is Cn1cc(CNc2ccc(F)c(Br)c2)c(C(C)(C)C)n1. The number of rotatable bonds is 3. The molecular formula is C15H19BrFN3. The van der Waals surface area contributed by atoms with E-state index in [9.17, 15) is 4.39 Å². The van der Waals surface area contributed by atoms with E-state index in [1.54, 1.807) is 12.1 Å². The molecule has 0 fully saturated rings. The van der Waals surface area contributed by atoms with Gasteiger partial charge in [0.25, 0.3) is 0 Å². The van der Waals surface area contributed by atoms with Gasteiger partial charge in [-0.05, 0) is 34.1 Å². The number of anilines is 1. The number of benzene rings is 1. The predicted molar refractivity (Wildman–Crippen MR) is 83.3 cm³/mol. The molecule has 1 aromatic carbocycles. The van der Waals surface area contributed by atoms with Gasteiger partial charge in [0.05, 0.1) is 10.2 Å². The topological polar surface area (TPSA) is 29.9 Å². The lowest BCUT2D eigenvalue weighted by Crippen LogP contribution is -2.16. The quantitative estimate of drug-likeness (QED) is 0.906. The summed E-state index contributed by atoms with van der Waals surface area (Å²) in [6.45, 7) is 7.10. The van der Waals surface area contributed by atoms with Crippen LogP contribution in [-0.2, 0) is 19.0 Å². The van der Waals surface area contributed by atoms with Crippen LogP contribution in [0.1, 0.15) is 32.0 Å². The molecular weight excluding hydrogens is 321 g/mol. The van der Waals surface area contributed by atoms with Crippen molar-refractivity contribution in [2.24, 2.45) is 7.05 Å². The van der Waals surface area contributed by atoms with Crippen molar-refractivity contribution in [3.8, 4) is 0 Å². The molecule has 0 saturated carbocycles. The minimum atomic E-state index is -0.257. The summed E-state index contributed by atoms with van der Waals surface area (Å²) in [4.78, 5) is 0. The summed E-state index contributed by atoms with van der Waals surface area (Å²) in [5, 5.41) is 7.84. The molecule has 20 heavy (non-hydrogen) atoms. The minimum Gasteiger partial charge on any atom is -0.381 e. The largest absolute Gasteiger partial charge is 0.381 e. The van der Waals surface area contributed by atoms with Crippen molar-refractivity contribution in [1.29, 1.82) is 0 Å². The number of nitrogens with zero attached hydrogens (tertiary/aromatic N) is 2. The van der Waals surface area contributed by atoms with Crippen molar-refractivity contribution in [1.82, 2.24) is 9.78 Å². The average Bonchev–Trinajstić information content (AvgIpc) is 2.72. The van der Waals surface area contributed by atoms with E-state index in [0.29, 0.717) is 11.0 Å². The molecule has 2 aromatic rings. The van der Waals surface area contributed by atoms with Crippen LogP contribution in [0.5, 0.6) is 0 Å². The molecule has 0 aliphatic carbocycles. The predicted octanol–water partition coefficient (Wildman–Crippen LogP) is 4.23. The molecule has 0 bridgehead atoms. The Morgan fingerprint density at radius 3 is 2.65 bits per heavy atom. The van der Waals surface area contributed by atoms with Gasteiger partial charge in [0, 0.05) is 36.5 Å². The van der Waals surface area contributed by atoms with E-state index < -0.39 is 0 Å². The van der Waals surface area contributed by atoms with Crippen molar-refractivity contribution in [2.75, 3.05) is 5.32 Å². The lowest BCUT2D eigenvalue weighted by atomic mass is 9.89. The molecule has 0 radical (unpaired) electrons. The summed E-state index contributed by atoms with van der Waals surface area (Å²) in [5.74, 6) is -0.257.